The molecule has 0 bridgehead atoms. The van der Waals surface area contributed by atoms with Crippen LogP contribution in [0.25, 0.3) is 0 Å². The number of aliphatic hydroxyl groups is 11. The Morgan fingerprint density at radius 2 is 1.45 bits per heavy atom. The predicted molar refractivity (Wildman–Crippen MR) is 214 cm³/mol. The van der Waals surface area contributed by atoms with Crippen LogP contribution in [-0.4, -0.2) is 223 Å². The average molecular weight is 937 g/mol. The van der Waals surface area contributed by atoms with Crippen LogP contribution in [0.4, 0.5) is 0 Å². The summed E-state index contributed by atoms with van der Waals surface area (Å²) >= 11 is 0. The van der Waals surface area contributed by atoms with Crippen molar-refractivity contribution in [3.05, 3.63) is 35.9 Å². The Morgan fingerprint density at radius 3 is 2.03 bits per heavy atom. The van der Waals surface area contributed by atoms with Crippen LogP contribution >= 0.6 is 0 Å². The Hall–Kier alpha value is -3.09. The van der Waals surface area contributed by atoms with Crippen LogP contribution in [0.3, 0.4) is 0 Å². The number of aliphatic hydroxyl groups excluding tert-OH is 11. The second-order valence-corrected chi connectivity index (χ2v) is 17.8. The summed E-state index contributed by atoms with van der Waals surface area (Å²) in [6.45, 7) is 4.84. The smallest absolute Gasteiger partial charge is 0.332 e. The Balaban J connectivity index is 1.49. The highest BCUT2D eigenvalue weighted by atomic mass is 16.9. The molecule has 13 N–H and O–H groups in total. The maximum atomic E-state index is 13.2. The van der Waals surface area contributed by atoms with Gasteiger partial charge in [-0.05, 0) is 17.9 Å². The molecule has 65 heavy (non-hydrogen) atoms. The van der Waals surface area contributed by atoms with Crippen molar-refractivity contribution >= 4 is 18.3 Å². The second kappa shape index (κ2) is 22.3. The van der Waals surface area contributed by atoms with Gasteiger partial charge in [0.15, 0.2) is 12.6 Å². The first-order valence-corrected chi connectivity index (χ1v) is 21.2. The fraction of sp³-hybridized carbons (Fsp3) is 0.780. The molecule has 4 fully saturated rings. The van der Waals surface area contributed by atoms with Crippen LogP contribution in [0.15, 0.2) is 30.3 Å². The van der Waals surface area contributed by atoms with Crippen molar-refractivity contribution in [2.75, 3.05) is 19.8 Å². The Bertz CT molecular complexity index is 1690. The molecule has 4 aliphatic rings. The summed E-state index contributed by atoms with van der Waals surface area (Å²) in [4.78, 5) is 38.0. The third-order valence-electron chi connectivity index (χ3n) is 11.8. The molecule has 0 aliphatic carbocycles. The average Bonchev–Trinajstić information content (AvgIpc) is 3.25. The van der Waals surface area contributed by atoms with E-state index in [1.54, 1.807) is 51.1 Å². The molecule has 2 amide bonds. The molecule has 0 aromatic heterocycles. The van der Waals surface area contributed by atoms with Gasteiger partial charge in [-0.1, -0.05) is 51.1 Å². The molecule has 21 atom stereocenters. The molecule has 1 aromatic rings. The standard InChI is InChI=1S/C41H64N2O22/c1-17-27(52)30(55)31(56)38(59-17)63-35-26(42-18(2)48)37(40(3,4)5)60-23(15-46)33(35)62-39-32(57)36(29(54)22(14-45)61-39)65-41(58-16-47)12-20(49)25(34(64-41)28(53)21(50)13-44)43-24(51)11-19-9-7-6-8-10-19/h6-10,16-17,20-23,25-39,44-46,49-50,52-57H,11-15H2,1-5H3,(H,42,48)(H,43,51)/t17?,20-,21-,22?,23?,25-,26?,27-,28-,29+,30+,31?,32?,33-,34?,35-,36+,37-,38+,39+,41+/m1/s1. The van der Waals surface area contributed by atoms with Crippen LogP contribution in [0.5, 0.6) is 0 Å². The lowest BCUT2D eigenvalue weighted by Gasteiger charge is -2.53. The lowest BCUT2D eigenvalue weighted by Crippen LogP contribution is -2.71. The van der Waals surface area contributed by atoms with Crippen molar-refractivity contribution in [1.82, 2.24) is 10.6 Å². The van der Waals surface area contributed by atoms with Crippen LogP contribution < -0.4 is 10.6 Å². The van der Waals surface area contributed by atoms with Crippen LogP contribution in [0, 0.1) is 5.41 Å². The van der Waals surface area contributed by atoms with E-state index in [1.165, 1.54) is 13.8 Å². The summed E-state index contributed by atoms with van der Waals surface area (Å²) < 4.78 is 47.5. The summed E-state index contributed by atoms with van der Waals surface area (Å²) in [6.07, 6.45) is -32.5. The highest BCUT2D eigenvalue weighted by molar-refractivity contribution is 5.79. The van der Waals surface area contributed by atoms with Crippen molar-refractivity contribution in [3.8, 4) is 0 Å². The van der Waals surface area contributed by atoms with E-state index in [2.05, 4.69) is 10.6 Å². The second-order valence-electron chi connectivity index (χ2n) is 17.8. The number of rotatable bonds is 17. The predicted octanol–water partition coefficient (Wildman–Crippen LogP) is -5.86. The molecule has 4 heterocycles. The number of nitrogens with one attached hydrogen (secondary N) is 2. The van der Waals surface area contributed by atoms with Gasteiger partial charge in [0, 0.05) is 6.92 Å². The summed E-state index contributed by atoms with van der Waals surface area (Å²) in [5.74, 6) is -4.13. The molecular formula is C41H64N2O22. The van der Waals surface area contributed by atoms with Crippen molar-refractivity contribution in [2.24, 2.45) is 5.41 Å². The molecule has 24 heteroatoms. The number of benzene rings is 1. The van der Waals surface area contributed by atoms with Gasteiger partial charge in [0.05, 0.1) is 63.1 Å². The number of hydrogen-bond acceptors (Lipinski definition) is 22. The van der Waals surface area contributed by atoms with Crippen molar-refractivity contribution in [2.45, 2.75) is 176 Å². The highest BCUT2D eigenvalue weighted by Gasteiger charge is 2.60. The van der Waals surface area contributed by atoms with Gasteiger partial charge in [-0.25, -0.2) is 0 Å². The lowest BCUT2D eigenvalue weighted by atomic mass is 9.78. The normalized spacial score (nSPS) is 41.2. The lowest BCUT2D eigenvalue weighted by molar-refractivity contribution is -0.445. The van der Waals surface area contributed by atoms with Gasteiger partial charge in [-0.15, -0.1) is 0 Å². The van der Waals surface area contributed by atoms with E-state index in [0.717, 1.165) is 0 Å². The quantitative estimate of drug-likeness (QED) is 0.0511. The zero-order valence-electron chi connectivity index (χ0n) is 36.5. The van der Waals surface area contributed by atoms with E-state index in [4.69, 9.17) is 37.9 Å². The fourth-order valence-corrected chi connectivity index (χ4v) is 8.48. The van der Waals surface area contributed by atoms with E-state index < -0.39 is 172 Å². The molecule has 5 rings (SSSR count). The van der Waals surface area contributed by atoms with Crippen LogP contribution in [-0.2, 0) is 58.7 Å². The topological polar surface area (TPSA) is 372 Å². The SMILES string of the molecule is CC(=O)NC1[C@@H](O[C@@H]2OC(C)[C@@H](O)[C@H](O)C2O)[C@H](O[C@@H]2OC(CO)[C@H](O)[C@H](O[C@]3(OC=O)C[C@@H](O)[C@@H](NC(=O)Cc4ccccc4)C([C@H](O)[C@H](O)CO)O3)C2O)C(CO)O[C@H]1C(C)(C)C. The Labute approximate surface area is 373 Å². The maximum absolute atomic E-state index is 13.2. The molecule has 0 spiro atoms. The number of ether oxygens (including phenoxy) is 8. The van der Waals surface area contributed by atoms with Crippen molar-refractivity contribution in [3.63, 3.8) is 0 Å². The van der Waals surface area contributed by atoms with Gasteiger partial charge in [0.1, 0.15) is 79.4 Å². The summed E-state index contributed by atoms with van der Waals surface area (Å²) in [6, 6.07) is 5.64. The zero-order valence-corrected chi connectivity index (χ0v) is 36.5. The van der Waals surface area contributed by atoms with Gasteiger partial charge in [-0.2, -0.15) is 0 Å². The van der Waals surface area contributed by atoms with E-state index in [0.29, 0.717) is 5.56 Å². The largest absolute Gasteiger partial charge is 0.410 e. The van der Waals surface area contributed by atoms with E-state index >= 15 is 0 Å². The molecule has 4 aliphatic heterocycles. The molecule has 0 saturated carbocycles. The first-order valence-electron chi connectivity index (χ1n) is 21.2. The van der Waals surface area contributed by atoms with Gasteiger partial charge in [-0.3, -0.25) is 14.4 Å². The number of carbonyl (C=O) groups is 3. The summed E-state index contributed by atoms with van der Waals surface area (Å²) in [5.41, 5.74) is -0.243. The Kier molecular flexibility index (Phi) is 18.2. The first kappa shape index (κ1) is 52.9. The zero-order chi connectivity index (χ0) is 48.1. The fourth-order valence-electron chi connectivity index (χ4n) is 8.48. The monoisotopic (exact) mass is 936 g/mol. The minimum Gasteiger partial charge on any atom is -0.410 e. The van der Waals surface area contributed by atoms with Crippen LogP contribution in [0.2, 0.25) is 0 Å². The molecular weight excluding hydrogens is 872 g/mol. The number of carbonyl (C=O) groups excluding carboxylic acids is 3. The van der Waals surface area contributed by atoms with E-state index in [9.17, 15) is 70.6 Å². The van der Waals surface area contributed by atoms with Crippen molar-refractivity contribution < 1.29 is 108 Å². The first-order chi connectivity index (χ1) is 30.6. The highest BCUT2D eigenvalue weighted by Crippen LogP contribution is 2.41. The summed E-state index contributed by atoms with van der Waals surface area (Å²) in [7, 11) is 0. The minimum absolute atomic E-state index is 0.192. The van der Waals surface area contributed by atoms with E-state index in [-0.39, 0.29) is 12.9 Å². The van der Waals surface area contributed by atoms with Gasteiger partial charge in [0.2, 0.25) is 11.8 Å². The third kappa shape index (κ3) is 12.1. The number of hydrogen-bond donors (Lipinski definition) is 13. The molecule has 370 valence electrons. The molecule has 4 saturated heterocycles. The third-order valence-corrected chi connectivity index (χ3v) is 11.8. The Morgan fingerprint density at radius 1 is 0.815 bits per heavy atom. The van der Waals surface area contributed by atoms with Gasteiger partial charge >= 0.3 is 5.97 Å². The van der Waals surface area contributed by atoms with Gasteiger partial charge in [0.25, 0.3) is 6.47 Å². The maximum Gasteiger partial charge on any atom is 0.332 e. The molecule has 7 unspecified atom stereocenters. The van der Waals surface area contributed by atoms with E-state index in [1.807, 2.05) is 0 Å². The van der Waals surface area contributed by atoms with Gasteiger partial charge < -0.3 is 105 Å². The molecule has 0 radical (unpaired) electrons. The molecule has 1 aromatic carbocycles. The number of amides is 2. The van der Waals surface area contributed by atoms with Crippen molar-refractivity contribution in [1.29, 1.82) is 0 Å². The molecule has 24 nitrogen and oxygen atoms in total. The minimum atomic E-state index is -2.86. The summed E-state index contributed by atoms with van der Waals surface area (Å²) in [5, 5.41) is 125. The van der Waals surface area contributed by atoms with Crippen LogP contribution in [0.1, 0.15) is 46.6 Å².